The van der Waals surface area contributed by atoms with Crippen LogP contribution < -0.4 is 5.32 Å². The van der Waals surface area contributed by atoms with Crippen LogP contribution in [-0.2, 0) is 0 Å². The maximum atomic E-state index is 10.9. The molecule has 4 heteroatoms. The van der Waals surface area contributed by atoms with Gasteiger partial charge in [0.15, 0.2) is 0 Å². The highest BCUT2D eigenvalue weighted by Crippen LogP contribution is 2.32. The van der Waals surface area contributed by atoms with Crippen LogP contribution in [0, 0.1) is 0 Å². The first-order chi connectivity index (χ1) is 16.6. The van der Waals surface area contributed by atoms with Crippen LogP contribution in [0.5, 0.6) is 0 Å². The molecule has 196 valence electrons. The number of benzene rings is 1. The van der Waals surface area contributed by atoms with Gasteiger partial charge in [0.25, 0.3) is 0 Å². The Hall–Kier alpha value is -1.29. The molecule has 1 rings (SSSR count). The second kappa shape index (κ2) is 20.0. The lowest BCUT2D eigenvalue weighted by Gasteiger charge is -2.31. The number of carboxylic acids is 1. The number of aromatic carboxylic acids is 1. The molecule has 34 heavy (non-hydrogen) atoms. The average molecular weight is 490 g/mol. The second-order valence-corrected chi connectivity index (χ2v) is 15.6. The molecule has 1 aromatic carbocycles. The van der Waals surface area contributed by atoms with Crippen molar-refractivity contribution in [1.82, 2.24) is 0 Å². The molecule has 0 aliphatic carbocycles. The van der Waals surface area contributed by atoms with Crippen molar-refractivity contribution in [3.63, 3.8) is 0 Å². The molecule has 0 saturated carbocycles. The van der Waals surface area contributed by atoms with Crippen molar-refractivity contribution in [3.8, 4) is 0 Å². The molecular formula is C30H55NO2Si. The minimum absolute atomic E-state index is 0.343. The van der Waals surface area contributed by atoms with E-state index in [2.05, 4.69) is 26.1 Å². The Kier molecular flexibility index (Phi) is 18.0. The summed E-state index contributed by atoms with van der Waals surface area (Å²) in [5.74, 6) is -0.869. The molecule has 0 atom stereocenters. The normalized spacial score (nSPS) is 11.6. The van der Waals surface area contributed by atoms with Gasteiger partial charge in [0.1, 0.15) is 0 Å². The van der Waals surface area contributed by atoms with E-state index in [0.29, 0.717) is 5.56 Å². The van der Waals surface area contributed by atoms with E-state index in [-0.39, 0.29) is 0 Å². The first-order valence-corrected chi connectivity index (χ1v) is 17.5. The molecule has 0 unspecified atom stereocenters. The van der Waals surface area contributed by atoms with E-state index >= 15 is 0 Å². The summed E-state index contributed by atoms with van der Waals surface area (Å²) in [7, 11) is -0.945. The number of nitrogens with one attached hydrogen (secondary N) is 1. The number of rotatable bonds is 23. The van der Waals surface area contributed by atoms with Crippen molar-refractivity contribution in [3.05, 3.63) is 29.8 Å². The molecule has 0 radical (unpaired) electrons. The summed E-state index contributed by atoms with van der Waals surface area (Å²) < 4.78 is 0. The Morgan fingerprint density at radius 3 is 1.47 bits per heavy atom. The third-order valence-electron chi connectivity index (χ3n) is 7.44. The van der Waals surface area contributed by atoms with E-state index in [9.17, 15) is 4.79 Å². The van der Waals surface area contributed by atoms with Gasteiger partial charge < -0.3 is 10.4 Å². The van der Waals surface area contributed by atoms with Gasteiger partial charge in [0.2, 0.25) is 0 Å². The summed E-state index contributed by atoms with van der Waals surface area (Å²) in [5, 5.41) is 12.3. The topological polar surface area (TPSA) is 49.3 Å². The summed E-state index contributed by atoms with van der Waals surface area (Å²) in [5.41, 5.74) is 1.35. The fraction of sp³-hybridized carbons (Fsp3) is 0.767. The smallest absolute Gasteiger partial charge is 0.335 e. The lowest BCUT2D eigenvalue weighted by molar-refractivity contribution is 0.0697. The lowest BCUT2D eigenvalue weighted by atomic mass is 10.1. The Morgan fingerprint density at radius 2 is 1.06 bits per heavy atom. The summed E-state index contributed by atoms with van der Waals surface area (Å²) in [4.78, 5) is 10.9. The van der Waals surface area contributed by atoms with Gasteiger partial charge in [0.05, 0.1) is 13.6 Å². The van der Waals surface area contributed by atoms with E-state index in [1.54, 1.807) is 36.3 Å². The standard InChI is InChI=1S/C30H55NO2Si/c1-4-24-34(25-5-2,26-6-3)27-18-16-14-12-10-8-7-9-11-13-15-17-23-31-29-21-19-28(20-22-29)30(32)33/h19-22,31H,4-18,23-27H2,1-3H3,(H,32,33). The Labute approximate surface area is 212 Å². The first kappa shape index (κ1) is 30.7. The molecule has 0 aromatic heterocycles. The predicted octanol–water partition coefficient (Wildman–Crippen LogP) is 10.2. The molecule has 0 bridgehead atoms. The molecule has 0 spiro atoms. The van der Waals surface area contributed by atoms with Gasteiger partial charge in [-0.2, -0.15) is 0 Å². The number of hydrogen-bond donors (Lipinski definition) is 2. The van der Waals surface area contributed by atoms with Gasteiger partial charge in [-0.1, -0.05) is 135 Å². The number of hydrogen-bond acceptors (Lipinski definition) is 2. The minimum Gasteiger partial charge on any atom is -0.478 e. The molecule has 0 saturated heterocycles. The molecule has 3 nitrogen and oxygen atoms in total. The summed E-state index contributed by atoms with van der Waals surface area (Å²) in [6.07, 6.45) is 20.9. The highest BCUT2D eigenvalue weighted by molar-refractivity contribution is 6.79. The summed E-state index contributed by atoms with van der Waals surface area (Å²) >= 11 is 0. The highest BCUT2D eigenvalue weighted by Gasteiger charge is 2.28. The van der Waals surface area contributed by atoms with Crippen LogP contribution in [0.3, 0.4) is 0 Å². The van der Waals surface area contributed by atoms with Gasteiger partial charge in [-0.15, -0.1) is 0 Å². The Morgan fingerprint density at radius 1 is 0.647 bits per heavy atom. The Balaban J connectivity index is 1.92. The summed E-state index contributed by atoms with van der Waals surface area (Å²) in [6, 6.07) is 13.4. The molecule has 0 fully saturated rings. The largest absolute Gasteiger partial charge is 0.478 e. The zero-order chi connectivity index (χ0) is 24.9. The lowest BCUT2D eigenvalue weighted by Crippen LogP contribution is -2.33. The van der Waals surface area contributed by atoms with Crippen LogP contribution in [-0.4, -0.2) is 25.7 Å². The SMILES string of the molecule is CCC[Si](CCC)(CCC)CCCCCCCCCCCCCCNc1ccc(C(=O)O)cc1. The van der Waals surface area contributed by atoms with E-state index in [0.717, 1.165) is 12.2 Å². The second-order valence-electron chi connectivity index (χ2n) is 10.6. The molecule has 1 aromatic rings. The van der Waals surface area contributed by atoms with Gasteiger partial charge in [-0.05, 0) is 30.7 Å². The van der Waals surface area contributed by atoms with Crippen LogP contribution in [0.25, 0.3) is 0 Å². The van der Waals surface area contributed by atoms with Crippen LogP contribution >= 0.6 is 0 Å². The van der Waals surface area contributed by atoms with Crippen molar-refractivity contribution in [2.75, 3.05) is 11.9 Å². The predicted molar refractivity (Wildman–Crippen MR) is 153 cm³/mol. The molecular weight excluding hydrogens is 434 g/mol. The monoisotopic (exact) mass is 489 g/mol. The van der Waals surface area contributed by atoms with Crippen molar-refractivity contribution in [2.24, 2.45) is 0 Å². The van der Waals surface area contributed by atoms with Crippen LogP contribution in [0.1, 0.15) is 127 Å². The number of unbranched alkanes of at least 4 members (excludes halogenated alkanes) is 11. The van der Waals surface area contributed by atoms with Gasteiger partial charge in [-0.25, -0.2) is 4.79 Å². The highest BCUT2D eigenvalue weighted by atomic mass is 28.3. The number of carboxylic acid groups (broad SMARTS) is 1. The molecule has 0 amide bonds. The molecule has 0 aliphatic rings. The van der Waals surface area contributed by atoms with Crippen molar-refractivity contribution >= 4 is 19.7 Å². The third-order valence-corrected chi connectivity index (χ3v) is 13.5. The van der Waals surface area contributed by atoms with Gasteiger partial charge >= 0.3 is 5.97 Å². The van der Waals surface area contributed by atoms with Gasteiger partial charge in [-0.3, -0.25) is 0 Å². The average Bonchev–Trinajstić information content (AvgIpc) is 2.82. The van der Waals surface area contributed by atoms with Crippen LogP contribution in [0.4, 0.5) is 5.69 Å². The van der Waals surface area contributed by atoms with E-state index < -0.39 is 14.0 Å². The van der Waals surface area contributed by atoms with E-state index in [1.165, 1.54) is 96.3 Å². The zero-order valence-electron chi connectivity index (χ0n) is 22.8. The minimum atomic E-state index is -0.945. The van der Waals surface area contributed by atoms with E-state index in [4.69, 9.17) is 5.11 Å². The Bertz CT molecular complexity index is 600. The maximum absolute atomic E-state index is 10.9. The maximum Gasteiger partial charge on any atom is 0.335 e. The summed E-state index contributed by atoms with van der Waals surface area (Å²) in [6.45, 7) is 8.16. The first-order valence-electron chi connectivity index (χ1n) is 14.6. The molecule has 0 heterocycles. The third kappa shape index (κ3) is 14.2. The van der Waals surface area contributed by atoms with E-state index in [1.807, 2.05) is 12.1 Å². The van der Waals surface area contributed by atoms with Gasteiger partial charge in [0, 0.05) is 12.2 Å². The number of anilines is 1. The number of carbonyl (C=O) groups is 1. The van der Waals surface area contributed by atoms with Crippen LogP contribution in [0.15, 0.2) is 24.3 Å². The van der Waals surface area contributed by atoms with Crippen molar-refractivity contribution in [2.45, 2.75) is 141 Å². The molecule has 2 N–H and O–H groups in total. The van der Waals surface area contributed by atoms with Crippen LogP contribution in [0.2, 0.25) is 24.2 Å². The fourth-order valence-corrected chi connectivity index (χ4v) is 11.4. The molecule has 0 aliphatic heterocycles. The van der Waals surface area contributed by atoms with Crippen molar-refractivity contribution < 1.29 is 9.90 Å². The zero-order valence-corrected chi connectivity index (χ0v) is 23.8. The quantitative estimate of drug-likeness (QED) is 0.119. The fourth-order valence-electron chi connectivity index (χ4n) is 5.70. The van der Waals surface area contributed by atoms with Crippen molar-refractivity contribution in [1.29, 1.82) is 0 Å².